The van der Waals surface area contributed by atoms with Crippen LogP contribution in [0.15, 0.2) is 24.3 Å². The molecule has 0 aromatic heterocycles. The molecular weight excluding hydrogens is 340 g/mol. The van der Waals surface area contributed by atoms with Crippen molar-refractivity contribution in [2.24, 2.45) is 17.8 Å². The van der Waals surface area contributed by atoms with Gasteiger partial charge in [0, 0.05) is 19.1 Å². The number of hydrogen-bond acceptors (Lipinski definition) is 3. The molecule has 0 amide bonds. The molecule has 0 spiro atoms. The topological polar surface area (TPSA) is 27.7 Å². The maximum atomic E-state index is 6.64. The Hall–Kier alpha value is -0.423. The second-order valence-corrected chi connectivity index (χ2v) is 14.7. The van der Waals surface area contributed by atoms with Crippen molar-refractivity contribution in [3.63, 3.8) is 0 Å². The van der Waals surface area contributed by atoms with Crippen LogP contribution in [0.4, 0.5) is 0 Å². The van der Waals surface area contributed by atoms with E-state index < -0.39 is 8.32 Å². The number of allylic oxidation sites excluding steroid dienone is 3. The van der Waals surface area contributed by atoms with Crippen LogP contribution in [-0.4, -0.2) is 33.9 Å². The smallest absolute Gasteiger partial charge is 0.191 e. The Balaban J connectivity index is 1.68. The van der Waals surface area contributed by atoms with Gasteiger partial charge >= 0.3 is 0 Å². The second-order valence-electron chi connectivity index (χ2n) is 9.92. The average Bonchev–Trinajstić information content (AvgIpc) is 3.10. The normalized spacial score (nSPS) is 35.3. The summed E-state index contributed by atoms with van der Waals surface area (Å²) in [4.78, 5) is 0. The Morgan fingerprint density at radius 1 is 1.31 bits per heavy atom. The summed E-state index contributed by atoms with van der Waals surface area (Å²) in [7, 11) is -1.75. The van der Waals surface area contributed by atoms with E-state index >= 15 is 0 Å². The van der Waals surface area contributed by atoms with Crippen LogP contribution in [0, 0.1) is 17.8 Å². The fraction of sp³-hybridized carbons (Fsp3) is 0.818. The van der Waals surface area contributed by atoms with Crippen molar-refractivity contribution in [1.82, 2.24) is 0 Å². The van der Waals surface area contributed by atoms with E-state index in [9.17, 15) is 0 Å². The largest absolute Gasteiger partial charge is 0.416 e. The molecule has 1 saturated heterocycles. The van der Waals surface area contributed by atoms with Gasteiger partial charge in [-0.05, 0) is 62.1 Å². The highest BCUT2D eigenvalue weighted by Crippen LogP contribution is 2.49. The molecule has 5 atom stereocenters. The van der Waals surface area contributed by atoms with E-state index in [2.05, 4.69) is 46.5 Å². The molecule has 148 valence electrons. The van der Waals surface area contributed by atoms with Gasteiger partial charge in [0.05, 0.1) is 6.10 Å². The van der Waals surface area contributed by atoms with Crippen LogP contribution < -0.4 is 0 Å². The summed E-state index contributed by atoms with van der Waals surface area (Å²) < 4.78 is 19.0. The third-order valence-corrected chi connectivity index (χ3v) is 11.7. The molecule has 3 aliphatic rings. The highest BCUT2D eigenvalue weighted by Gasteiger charge is 2.48. The van der Waals surface area contributed by atoms with E-state index in [-0.39, 0.29) is 17.4 Å². The zero-order valence-corrected chi connectivity index (χ0v) is 18.4. The van der Waals surface area contributed by atoms with Crippen LogP contribution >= 0.6 is 0 Å². The first-order chi connectivity index (χ1) is 12.2. The van der Waals surface area contributed by atoms with Gasteiger partial charge in [-0.25, -0.2) is 0 Å². The fourth-order valence-electron chi connectivity index (χ4n) is 4.39. The molecule has 0 bridgehead atoms. The van der Waals surface area contributed by atoms with Crippen molar-refractivity contribution in [2.75, 3.05) is 13.2 Å². The number of fused-ring (bicyclic) bond motifs is 1. The SMILES string of the molecule is C=CC1=CC2CC(OC3CCCCO3)C(CO[Si](C)(C)C(C)(C)C)C2C1. The van der Waals surface area contributed by atoms with Crippen LogP contribution in [0.1, 0.15) is 52.9 Å². The monoisotopic (exact) mass is 378 g/mol. The molecule has 0 aromatic carbocycles. The third kappa shape index (κ3) is 4.35. The van der Waals surface area contributed by atoms with Crippen molar-refractivity contribution in [3.8, 4) is 0 Å². The van der Waals surface area contributed by atoms with Crippen molar-refractivity contribution < 1.29 is 13.9 Å². The summed E-state index contributed by atoms with van der Waals surface area (Å²) in [5, 5.41) is 0.244. The maximum absolute atomic E-state index is 6.64. The van der Waals surface area contributed by atoms with Gasteiger partial charge in [-0.2, -0.15) is 0 Å². The van der Waals surface area contributed by atoms with Gasteiger partial charge in [0.2, 0.25) is 0 Å². The number of ether oxygens (including phenoxy) is 2. The molecule has 1 saturated carbocycles. The highest BCUT2D eigenvalue weighted by atomic mass is 28.4. The minimum atomic E-state index is -1.75. The Morgan fingerprint density at radius 2 is 2.08 bits per heavy atom. The molecule has 4 heteroatoms. The molecule has 1 heterocycles. The molecule has 2 aliphatic carbocycles. The van der Waals surface area contributed by atoms with Gasteiger partial charge < -0.3 is 13.9 Å². The lowest BCUT2D eigenvalue weighted by Crippen LogP contribution is -2.44. The summed E-state index contributed by atoms with van der Waals surface area (Å²) >= 11 is 0. The zero-order chi connectivity index (χ0) is 18.9. The van der Waals surface area contributed by atoms with Gasteiger partial charge in [-0.15, -0.1) is 0 Å². The highest BCUT2D eigenvalue weighted by molar-refractivity contribution is 6.74. The lowest BCUT2D eigenvalue weighted by molar-refractivity contribution is -0.197. The molecule has 0 radical (unpaired) electrons. The van der Waals surface area contributed by atoms with Gasteiger partial charge in [-0.1, -0.05) is 45.1 Å². The lowest BCUT2D eigenvalue weighted by Gasteiger charge is -2.38. The first kappa shape index (κ1) is 20.3. The van der Waals surface area contributed by atoms with Crippen molar-refractivity contribution >= 4 is 8.32 Å². The predicted octanol–water partition coefficient (Wildman–Crippen LogP) is 5.69. The minimum absolute atomic E-state index is 0.00852. The van der Waals surface area contributed by atoms with Crippen LogP contribution in [0.2, 0.25) is 18.1 Å². The van der Waals surface area contributed by atoms with Crippen molar-refractivity contribution in [3.05, 3.63) is 24.3 Å². The Bertz CT molecular complexity index is 528. The van der Waals surface area contributed by atoms with Gasteiger partial charge in [0.1, 0.15) is 0 Å². The van der Waals surface area contributed by atoms with Gasteiger partial charge in [-0.3, -0.25) is 0 Å². The molecule has 0 aromatic rings. The minimum Gasteiger partial charge on any atom is -0.416 e. The van der Waals surface area contributed by atoms with E-state index in [1.165, 1.54) is 18.4 Å². The first-order valence-electron chi connectivity index (χ1n) is 10.5. The van der Waals surface area contributed by atoms with Crippen LogP contribution in [0.25, 0.3) is 0 Å². The standard InChI is InChI=1S/C22H38O3Si/c1-7-16-12-17-14-20(25-21-10-8-9-11-23-21)19(18(17)13-16)15-24-26(5,6)22(2,3)4/h7,12,17-21H,1,8-11,13-15H2,2-6H3. The maximum Gasteiger partial charge on any atom is 0.191 e. The molecule has 5 unspecified atom stereocenters. The molecule has 2 fully saturated rings. The molecule has 3 rings (SSSR count). The van der Waals surface area contributed by atoms with E-state index in [1.807, 2.05) is 6.08 Å². The second kappa shape index (κ2) is 7.90. The van der Waals surface area contributed by atoms with Gasteiger partial charge in [0.25, 0.3) is 0 Å². The summed E-state index contributed by atoms with van der Waals surface area (Å²) in [5.74, 6) is 1.72. The summed E-state index contributed by atoms with van der Waals surface area (Å²) in [5.41, 5.74) is 1.41. The zero-order valence-electron chi connectivity index (χ0n) is 17.4. The lowest BCUT2D eigenvalue weighted by atomic mass is 9.90. The number of hydrogen-bond donors (Lipinski definition) is 0. The predicted molar refractivity (Wildman–Crippen MR) is 110 cm³/mol. The quantitative estimate of drug-likeness (QED) is 0.556. The Morgan fingerprint density at radius 3 is 2.69 bits per heavy atom. The van der Waals surface area contributed by atoms with E-state index in [0.717, 1.165) is 32.5 Å². The molecule has 1 aliphatic heterocycles. The van der Waals surface area contributed by atoms with Crippen LogP contribution in [0.5, 0.6) is 0 Å². The Labute approximate surface area is 161 Å². The number of rotatable bonds is 6. The molecular formula is C22H38O3Si. The van der Waals surface area contributed by atoms with Crippen LogP contribution in [-0.2, 0) is 13.9 Å². The molecule has 3 nitrogen and oxygen atoms in total. The van der Waals surface area contributed by atoms with Crippen molar-refractivity contribution in [2.45, 2.75) is 83.4 Å². The van der Waals surface area contributed by atoms with Gasteiger partial charge in [0.15, 0.2) is 14.6 Å². The summed E-state index contributed by atoms with van der Waals surface area (Å²) in [6.45, 7) is 17.3. The molecule has 26 heavy (non-hydrogen) atoms. The first-order valence-corrected chi connectivity index (χ1v) is 13.4. The van der Waals surface area contributed by atoms with E-state index in [1.54, 1.807) is 0 Å². The van der Waals surface area contributed by atoms with E-state index in [0.29, 0.717) is 17.8 Å². The van der Waals surface area contributed by atoms with E-state index in [4.69, 9.17) is 13.9 Å². The summed E-state index contributed by atoms with van der Waals surface area (Å²) in [6, 6.07) is 0. The average molecular weight is 379 g/mol. The molecule has 0 N–H and O–H groups in total. The third-order valence-electron chi connectivity index (χ3n) is 7.15. The Kier molecular flexibility index (Phi) is 6.17. The van der Waals surface area contributed by atoms with Crippen molar-refractivity contribution in [1.29, 1.82) is 0 Å². The van der Waals surface area contributed by atoms with Crippen LogP contribution in [0.3, 0.4) is 0 Å². The summed E-state index contributed by atoms with van der Waals surface area (Å²) in [6.07, 6.45) is 10.4. The fourth-order valence-corrected chi connectivity index (χ4v) is 5.44.